The van der Waals surface area contributed by atoms with Crippen molar-refractivity contribution < 1.29 is 53.4 Å². The number of hydrogen-bond donors (Lipinski definition) is 4. The zero-order valence-electron chi connectivity index (χ0n) is 43.3. The number of carbonyl (C=O) groups is 4. The van der Waals surface area contributed by atoms with Crippen LogP contribution in [0.2, 0.25) is 0 Å². The average molecular weight is 971 g/mol. The van der Waals surface area contributed by atoms with Gasteiger partial charge in [-0.1, -0.05) is 138 Å². The number of aliphatic carboxylic acids is 3. The predicted molar refractivity (Wildman–Crippen MR) is 273 cm³/mol. The number of fused-ring (bicyclic) bond motifs is 8. The van der Waals surface area contributed by atoms with Gasteiger partial charge in [0, 0.05) is 31.9 Å². The number of carbonyl (C=O) groups excluding carboxylic acids is 1. The number of ether oxygens (including phenoxy) is 4. The smallest absolute Gasteiger partial charge is 0.341 e. The fraction of sp³-hybridized carbons (Fsp3) is 0.431. The number of carboxylic acids is 3. The van der Waals surface area contributed by atoms with Crippen LogP contribution in [-0.2, 0) is 73.1 Å². The third-order valence-electron chi connectivity index (χ3n) is 12.5. The van der Waals surface area contributed by atoms with E-state index < -0.39 is 59.4 Å². The molecular formula is C58H70N2O11. The van der Waals surface area contributed by atoms with Crippen LogP contribution in [0.1, 0.15) is 156 Å². The Kier molecular flexibility index (Phi) is 16.0. The minimum atomic E-state index is -1.17. The second kappa shape index (κ2) is 21.2. The summed E-state index contributed by atoms with van der Waals surface area (Å²) in [4.78, 5) is 55.1. The molecule has 5 aromatic rings. The van der Waals surface area contributed by atoms with Crippen molar-refractivity contribution in [3.63, 3.8) is 0 Å². The summed E-state index contributed by atoms with van der Waals surface area (Å²) < 4.78 is 25.8. The average Bonchev–Trinajstić information content (AvgIpc) is 3.25. The summed E-state index contributed by atoms with van der Waals surface area (Å²) in [6, 6.07) is 21.7. The zero-order valence-corrected chi connectivity index (χ0v) is 43.3. The Morgan fingerprint density at radius 3 is 0.944 bits per heavy atom. The van der Waals surface area contributed by atoms with Crippen molar-refractivity contribution in [3.8, 4) is 23.0 Å². The lowest BCUT2D eigenvalue weighted by Crippen LogP contribution is -2.29. The number of pyridine rings is 1. The van der Waals surface area contributed by atoms with E-state index in [2.05, 4.69) is 106 Å². The lowest BCUT2D eigenvalue weighted by Gasteiger charge is -2.29. The van der Waals surface area contributed by atoms with E-state index in [0.717, 1.165) is 22.3 Å². The Bertz CT molecular complexity index is 2670. The zero-order chi connectivity index (χ0) is 52.2. The van der Waals surface area contributed by atoms with Crippen LogP contribution in [0, 0.1) is 0 Å². The van der Waals surface area contributed by atoms with Gasteiger partial charge in [-0.2, -0.15) is 0 Å². The van der Waals surface area contributed by atoms with E-state index in [1.54, 1.807) is 12.3 Å². The van der Waals surface area contributed by atoms with Crippen molar-refractivity contribution in [2.24, 2.45) is 0 Å². The van der Waals surface area contributed by atoms with Crippen LogP contribution in [-0.4, -0.2) is 70.5 Å². The van der Waals surface area contributed by atoms with E-state index in [9.17, 15) is 34.5 Å². The van der Waals surface area contributed by atoms with Crippen molar-refractivity contribution in [1.82, 2.24) is 10.3 Å². The van der Waals surface area contributed by atoms with Crippen molar-refractivity contribution in [2.75, 3.05) is 26.4 Å². The second-order valence-corrected chi connectivity index (χ2v) is 22.6. The summed E-state index contributed by atoms with van der Waals surface area (Å²) >= 11 is 0. The first kappa shape index (κ1) is 53.5. The molecule has 1 aromatic heterocycles. The summed E-state index contributed by atoms with van der Waals surface area (Å²) in [5.74, 6) is -2.41. The number of carboxylic acid groups (broad SMARTS) is 3. The van der Waals surface area contributed by atoms with Gasteiger partial charge in [-0.25, -0.2) is 14.4 Å². The largest absolute Gasteiger partial charge is 0.483 e. The topological polar surface area (TPSA) is 191 Å². The maximum Gasteiger partial charge on any atom is 0.341 e. The number of nitrogens with one attached hydrogen (secondary N) is 1. The molecule has 0 saturated heterocycles. The molecule has 1 amide bonds. The van der Waals surface area contributed by atoms with Gasteiger partial charge in [0.2, 0.25) is 0 Å². The molecule has 13 nitrogen and oxygen atoms in total. The molecule has 0 spiro atoms. The highest BCUT2D eigenvalue weighted by molar-refractivity contribution is 5.77. The van der Waals surface area contributed by atoms with Crippen molar-refractivity contribution in [3.05, 3.63) is 145 Å². The first-order chi connectivity index (χ1) is 33.1. The summed E-state index contributed by atoms with van der Waals surface area (Å²) in [7, 11) is 0. The molecule has 13 heteroatoms. The molecule has 0 unspecified atom stereocenters. The highest BCUT2D eigenvalue weighted by Gasteiger charge is 2.30. The molecular weight excluding hydrogens is 901 g/mol. The quantitative estimate of drug-likeness (QED) is 0.0809. The third-order valence-corrected chi connectivity index (χ3v) is 12.5. The Morgan fingerprint density at radius 1 is 0.451 bits per heavy atom. The molecule has 0 radical (unpaired) electrons. The van der Waals surface area contributed by atoms with Crippen LogP contribution < -0.4 is 24.3 Å². The number of rotatable bonds is 14. The minimum absolute atomic E-state index is 0.153. The van der Waals surface area contributed by atoms with E-state index in [-0.39, 0.29) is 44.7 Å². The molecule has 4 N–H and O–H groups in total. The van der Waals surface area contributed by atoms with Gasteiger partial charge in [-0.3, -0.25) is 9.78 Å². The maximum absolute atomic E-state index is 13.7. The summed E-state index contributed by atoms with van der Waals surface area (Å²) in [6.45, 7) is 23.1. The van der Waals surface area contributed by atoms with Crippen LogP contribution in [0.25, 0.3) is 0 Å². The lowest BCUT2D eigenvalue weighted by atomic mass is 9.79. The van der Waals surface area contributed by atoms with Crippen LogP contribution in [0.5, 0.6) is 23.0 Å². The van der Waals surface area contributed by atoms with Gasteiger partial charge in [-0.15, -0.1) is 0 Å². The minimum Gasteiger partial charge on any atom is -0.483 e. The van der Waals surface area contributed by atoms with E-state index in [1.807, 2.05) is 48.5 Å². The number of aromatic nitrogens is 1. The Labute approximate surface area is 417 Å². The molecule has 1 aliphatic carbocycles. The molecule has 0 aliphatic heterocycles. The SMILES string of the molecule is CC(C)(C)c1cc2c(OCC(=O)O)c(c1)Cc1cc(C(C)(C)C)cc(c1OCC(=O)O)Cc1cc(C(C)(C)C)cc(c1OCC(=O)NCc1ccccn1)Cc1cc(C(C)(C)C)cc(c1OCC(=O)O)C2. The van der Waals surface area contributed by atoms with E-state index in [4.69, 9.17) is 18.9 Å². The van der Waals surface area contributed by atoms with Crippen LogP contribution in [0.15, 0.2) is 72.9 Å². The van der Waals surface area contributed by atoms with E-state index >= 15 is 0 Å². The van der Waals surface area contributed by atoms with Crippen LogP contribution in [0.3, 0.4) is 0 Å². The molecule has 4 aromatic carbocycles. The van der Waals surface area contributed by atoms with E-state index in [0.29, 0.717) is 73.2 Å². The van der Waals surface area contributed by atoms with Gasteiger partial charge in [0.25, 0.3) is 5.91 Å². The third kappa shape index (κ3) is 13.9. The molecule has 0 saturated carbocycles. The van der Waals surface area contributed by atoms with Gasteiger partial charge in [0.05, 0.1) is 12.2 Å². The van der Waals surface area contributed by atoms with Gasteiger partial charge >= 0.3 is 17.9 Å². The Balaban J connectivity index is 1.75. The standard InChI is InChI=1S/C58H70N2O11/c1-55(2,3)42-21-34-17-36-23-43(56(4,5)6)25-38(52(36)69-31-48(62)63)19-40-27-45(58(10,11)12)28-41(54(40)71-33-50(66)67)20-39-26-44(57(7,8)9)24-37(53(39)70-32-49(64)65)18-35(22-42)51(34)68-30-47(61)60-29-46-15-13-14-16-59-46/h13-16,21-28H,17-20,29-33H2,1-12H3,(H,60,61)(H,62,63)(H,64,65)(H,66,67). The summed E-state index contributed by atoms with van der Waals surface area (Å²) in [5.41, 5.74) is 8.21. The molecule has 378 valence electrons. The second-order valence-electron chi connectivity index (χ2n) is 22.6. The van der Waals surface area contributed by atoms with Crippen molar-refractivity contribution >= 4 is 23.8 Å². The highest BCUT2D eigenvalue weighted by Crippen LogP contribution is 2.44. The fourth-order valence-electron chi connectivity index (χ4n) is 8.64. The molecule has 1 aliphatic rings. The normalized spacial score (nSPS) is 13.0. The Morgan fingerprint density at radius 2 is 0.718 bits per heavy atom. The van der Waals surface area contributed by atoms with Crippen molar-refractivity contribution in [1.29, 1.82) is 0 Å². The first-order valence-corrected chi connectivity index (χ1v) is 24.0. The lowest BCUT2D eigenvalue weighted by molar-refractivity contribution is -0.140. The number of nitrogens with zero attached hydrogens (tertiary/aromatic N) is 1. The molecule has 1 heterocycles. The number of amides is 1. The highest BCUT2D eigenvalue weighted by atomic mass is 16.5. The summed E-state index contributed by atoms with van der Waals surface area (Å²) in [5, 5.41) is 33.2. The van der Waals surface area contributed by atoms with Crippen LogP contribution in [0.4, 0.5) is 0 Å². The maximum atomic E-state index is 13.7. The summed E-state index contributed by atoms with van der Waals surface area (Å²) in [6.07, 6.45) is 2.32. The fourth-order valence-corrected chi connectivity index (χ4v) is 8.64. The molecule has 0 atom stereocenters. The van der Waals surface area contributed by atoms with Crippen molar-refractivity contribution in [2.45, 2.75) is 137 Å². The van der Waals surface area contributed by atoms with Gasteiger partial charge < -0.3 is 39.6 Å². The van der Waals surface area contributed by atoms with E-state index in [1.165, 1.54) is 0 Å². The number of hydrogen-bond acceptors (Lipinski definition) is 9. The monoisotopic (exact) mass is 970 g/mol. The van der Waals surface area contributed by atoms with Gasteiger partial charge in [-0.05, 0) is 101 Å². The van der Waals surface area contributed by atoms with Gasteiger partial charge in [0.15, 0.2) is 26.4 Å². The molecule has 71 heavy (non-hydrogen) atoms. The predicted octanol–water partition coefficient (Wildman–Crippen LogP) is 10.0. The number of benzene rings is 4. The van der Waals surface area contributed by atoms with Crippen LogP contribution >= 0.6 is 0 Å². The first-order valence-electron chi connectivity index (χ1n) is 24.0. The Hall–Kier alpha value is -6.89. The molecule has 0 fully saturated rings. The van der Waals surface area contributed by atoms with Gasteiger partial charge in [0.1, 0.15) is 23.0 Å². The molecule has 6 rings (SSSR count). The molecule has 8 bridgehead atoms.